The fourth-order valence-corrected chi connectivity index (χ4v) is 1.99. The number of amides is 1. The van der Waals surface area contributed by atoms with Gasteiger partial charge in [-0.2, -0.15) is 0 Å². The molecule has 94 valence electrons. The maximum atomic E-state index is 11.9. The lowest BCUT2D eigenvalue weighted by Crippen LogP contribution is -2.24. The highest BCUT2D eigenvalue weighted by Crippen LogP contribution is 2.05. The summed E-state index contributed by atoms with van der Waals surface area (Å²) in [6.07, 6.45) is 0. The van der Waals surface area contributed by atoms with Crippen molar-refractivity contribution in [2.45, 2.75) is 13.5 Å². The Morgan fingerprint density at radius 3 is 3.06 bits per heavy atom. The lowest BCUT2D eigenvalue weighted by Gasteiger charge is -2.05. The molecule has 0 radical (unpaired) electrons. The topological polar surface area (TPSA) is 66.9 Å². The number of rotatable bonds is 5. The van der Waals surface area contributed by atoms with E-state index in [1.54, 1.807) is 11.6 Å². The van der Waals surface area contributed by atoms with Gasteiger partial charge in [-0.15, -0.1) is 11.3 Å². The van der Waals surface area contributed by atoms with Crippen molar-refractivity contribution in [1.29, 1.82) is 0 Å². The van der Waals surface area contributed by atoms with E-state index in [0.717, 1.165) is 12.2 Å². The van der Waals surface area contributed by atoms with Crippen molar-refractivity contribution >= 4 is 23.1 Å². The first kappa shape index (κ1) is 12.5. The highest BCUT2D eigenvalue weighted by molar-refractivity contribution is 7.07. The lowest BCUT2D eigenvalue weighted by atomic mass is 10.3. The molecular formula is C12H14N4OS. The van der Waals surface area contributed by atoms with Gasteiger partial charge in [0.2, 0.25) is 0 Å². The van der Waals surface area contributed by atoms with Crippen LogP contribution in [0.15, 0.2) is 29.1 Å². The fourth-order valence-electron chi connectivity index (χ4n) is 1.43. The minimum Gasteiger partial charge on any atom is -0.370 e. The van der Waals surface area contributed by atoms with E-state index in [1.807, 2.05) is 24.4 Å². The first-order chi connectivity index (χ1) is 8.79. The molecule has 18 heavy (non-hydrogen) atoms. The molecular weight excluding hydrogens is 248 g/mol. The van der Waals surface area contributed by atoms with E-state index in [2.05, 4.69) is 20.6 Å². The molecule has 0 aromatic carbocycles. The van der Waals surface area contributed by atoms with Gasteiger partial charge in [0.15, 0.2) is 0 Å². The van der Waals surface area contributed by atoms with E-state index in [-0.39, 0.29) is 5.91 Å². The lowest BCUT2D eigenvalue weighted by molar-refractivity contribution is 0.0945. The molecule has 2 N–H and O–H groups in total. The number of hydrogen-bond donors (Lipinski definition) is 2. The van der Waals surface area contributed by atoms with Gasteiger partial charge in [-0.1, -0.05) is 6.07 Å². The van der Waals surface area contributed by atoms with Gasteiger partial charge in [-0.05, 0) is 19.1 Å². The van der Waals surface area contributed by atoms with Crippen LogP contribution < -0.4 is 10.6 Å². The Morgan fingerprint density at radius 2 is 2.33 bits per heavy atom. The third-order valence-corrected chi connectivity index (χ3v) is 2.89. The van der Waals surface area contributed by atoms with Gasteiger partial charge >= 0.3 is 0 Å². The predicted molar refractivity (Wildman–Crippen MR) is 71.7 cm³/mol. The highest BCUT2D eigenvalue weighted by atomic mass is 32.1. The normalized spacial score (nSPS) is 10.1. The van der Waals surface area contributed by atoms with Crippen molar-refractivity contribution < 1.29 is 4.79 Å². The van der Waals surface area contributed by atoms with Crippen LogP contribution in [0.5, 0.6) is 0 Å². The van der Waals surface area contributed by atoms with E-state index >= 15 is 0 Å². The van der Waals surface area contributed by atoms with Crippen LogP contribution in [0.3, 0.4) is 0 Å². The first-order valence-electron chi connectivity index (χ1n) is 5.66. The molecule has 0 atom stereocenters. The summed E-state index contributed by atoms with van der Waals surface area (Å²) in [5.74, 6) is 0.515. The van der Waals surface area contributed by atoms with E-state index in [0.29, 0.717) is 18.1 Å². The summed E-state index contributed by atoms with van der Waals surface area (Å²) in [5, 5.41) is 7.76. The van der Waals surface area contributed by atoms with E-state index in [1.165, 1.54) is 11.3 Å². The predicted octanol–water partition coefficient (Wildman–Crippen LogP) is 1.90. The van der Waals surface area contributed by atoms with Crippen LogP contribution in [-0.2, 0) is 6.54 Å². The third-order valence-electron chi connectivity index (χ3n) is 2.25. The van der Waals surface area contributed by atoms with Crippen molar-refractivity contribution in [3.8, 4) is 0 Å². The molecule has 0 saturated heterocycles. The average molecular weight is 262 g/mol. The maximum absolute atomic E-state index is 11.9. The SMILES string of the molecule is CCNc1cccc(C(=O)NCc2cscn2)n1. The monoisotopic (exact) mass is 262 g/mol. The van der Waals surface area contributed by atoms with Gasteiger partial charge in [0.05, 0.1) is 17.7 Å². The number of aromatic nitrogens is 2. The van der Waals surface area contributed by atoms with E-state index < -0.39 is 0 Å². The molecule has 2 heterocycles. The fraction of sp³-hybridized carbons (Fsp3) is 0.250. The van der Waals surface area contributed by atoms with Crippen LogP contribution in [0.25, 0.3) is 0 Å². The van der Waals surface area contributed by atoms with E-state index in [4.69, 9.17) is 0 Å². The van der Waals surface area contributed by atoms with Gasteiger partial charge in [0, 0.05) is 11.9 Å². The summed E-state index contributed by atoms with van der Waals surface area (Å²) >= 11 is 1.51. The summed E-state index contributed by atoms with van der Waals surface area (Å²) in [7, 11) is 0. The van der Waals surface area contributed by atoms with Gasteiger partial charge in [-0.3, -0.25) is 4.79 Å². The second-order valence-electron chi connectivity index (χ2n) is 3.60. The molecule has 6 heteroatoms. The zero-order chi connectivity index (χ0) is 12.8. The standard InChI is InChI=1S/C12H14N4OS/c1-2-13-11-5-3-4-10(16-11)12(17)14-6-9-7-18-8-15-9/h3-5,7-8H,2,6H2,1H3,(H,13,16)(H,14,17). The Morgan fingerprint density at radius 1 is 1.44 bits per heavy atom. The summed E-state index contributed by atoms with van der Waals surface area (Å²) in [6.45, 7) is 3.18. The van der Waals surface area contributed by atoms with Crippen molar-refractivity contribution in [2.24, 2.45) is 0 Å². The van der Waals surface area contributed by atoms with Crippen LogP contribution in [0.4, 0.5) is 5.82 Å². The number of nitrogens with one attached hydrogen (secondary N) is 2. The highest BCUT2D eigenvalue weighted by Gasteiger charge is 2.07. The van der Waals surface area contributed by atoms with Crippen LogP contribution in [0.2, 0.25) is 0 Å². The second-order valence-corrected chi connectivity index (χ2v) is 4.32. The number of pyridine rings is 1. The molecule has 0 aliphatic rings. The van der Waals surface area contributed by atoms with Crippen molar-refractivity contribution in [2.75, 3.05) is 11.9 Å². The van der Waals surface area contributed by atoms with E-state index in [9.17, 15) is 4.79 Å². The van der Waals surface area contributed by atoms with Crippen LogP contribution in [0, 0.1) is 0 Å². The Kier molecular flexibility index (Phi) is 4.25. The average Bonchev–Trinajstić information content (AvgIpc) is 2.90. The molecule has 0 aliphatic heterocycles. The van der Waals surface area contributed by atoms with Crippen molar-refractivity contribution in [1.82, 2.24) is 15.3 Å². The number of nitrogens with zero attached hydrogens (tertiary/aromatic N) is 2. The molecule has 5 nitrogen and oxygen atoms in total. The second kappa shape index (κ2) is 6.11. The number of carbonyl (C=O) groups is 1. The number of carbonyl (C=O) groups excluding carboxylic acids is 1. The summed E-state index contributed by atoms with van der Waals surface area (Å²) in [4.78, 5) is 20.2. The molecule has 0 bridgehead atoms. The number of thiazole rings is 1. The zero-order valence-corrected chi connectivity index (χ0v) is 10.8. The van der Waals surface area contributed by atoms with Crippen LogP contribution in [0.1, 0.15) is 23.1 Å². The smallest absolute Gasteiger partial charge is 0.270 e. The minimum absolute atomic E-state index is 0.192. The molecule has 2 rings (SSSR count). The first-order valence-corrected chi connectivity index (χ1v) is 6.60. The van der Waals surface area contributed by atoms with Gasteiger partial charge in [0.25, 0.3) is 5.91 Å². The Labute approximate surface area is 109 Å². The van der Waals surface area contributed by atoms with Crippen LogP contribution >= 0.6 is 11.3 Å². The molecule has 2 aromatic heterocycles. The van der Waals surface area contributed by atoms with Crippen LogP contribution in [-0.4, -0.2) is 22.4 Å². The van der Waals surface area contributed by atoms with Gasteiger partial charge < -0.3 is 10.6 Å². The molecule has 1 amide bonds. The molecule has 0 saturated carbocycles. The zero-order valence-electron chi connectivity index (χ0n) is 10.0. The maximum Gasteiger partial charge on any atom is 0.270 e. The minimum atomic E-state index is -0.192. The van der Waals surface area contributed by atoms with Gasteiger partial charge in [-0.25, -0.2) is 9.97 Å². The third kappa shape index (κ3) is 3.27. The molecule has 0 spiro atoms. The Hall–Kier alpha value is -1.95. The van der Waals surface area contributed by atoms with Crippen molar-refractivity contribution in [3.05, 3.63) is 40.5 Å². The molecule has 0 aliphatic carbocycles. The quantitative estimate of drug-likeness (QED) is 0.863. The molecule has 2 aromatic rings. The van der Waals surface area contributed by atoms with Gasteiger partial charge in [0.1, 0.15) is 11.5 Å². The largest absolute Gasteiger partial charge is 0.370 e. The summed E-state index contributed by atoms with van der Waals surface area (Å²) < 4.78 is 0. The number of hydrogen-bond acceptors (Lipinski definition) is 5. The Bertz CT molecular complexity index is 513. The number of anilines is 1. The Balaban J connectivity index is 1.97. The summed E-state index contributed by atoms with van der Waals surface area (Å²) in [5.41, 5.74) is 3.01. The summed E-state index contributed by atoms with van der Waals surface area (Å²) in [6, 6.07) is 5.33. The van der Waals surface area contributed by atoms with Crippen molar-refractivity contribution in [3.63, 3.8) is 0 Å². The molecule has 0 unspecified atom stereocenters. The molecule has 0 fully saturated rings.